The Morgan fingerprint density at radius 1 is 1.27 bits per heavy atom. The van der Waals surface area contributed by atoms with E-state index in [4.69, 9.17) is 0 Å². The van der Waals surface area contributed by atoms with Crippen molar-refractivity contribution < 1.29 is 9.59 Å². The van der Waals surface area contributed by atoms with Gasteiger partial charge in [-0.2, -0.15) is 0 Å². The summed E-state index contributed by atoms with van der Waals surface area (Å²) in [7, 11) is 1.54. The zero-order chi connectivity index (χ0) is 20.9. The first-order valence-electron chi connectivity index (χ1n) is 10.1. The van der Waals surface area contributed by atoms with Crippen LogP contribution in [0.25, 0.3) is 21.3 Å². The minimum absolute atomic E-state index is 0.0189. The van der Waals surface area contributed by atoms with E-state index in [1.54, 1.807) is 24.7 Å². The fraction of sp³-hybridized carbons (Fsp3) is 0.364. The van der Waals surface area contributed by atoms with E-state index in [1.807, 2.05) is 0 Å². The lowest BCUT2D eigenvalue weighted by atomic mass is 9.86. The molecule has 3 heterocycles. The maximum atomic E-state index is 12.8. The number of likely N-dealkylation sites (N-methyl/N-ethyl adjacent to an activating group) is 1. The highest BCUT2D eigenvalue weighted by atomic mass is 32.1. The lowest BCUT2D eigenvalue weighted by Crippen LogP contribution is -2.51. The Labute approximate surface area is 178 Å². The third kappa shape index (κ3) is 2.86. The molecule has 1 aliphatic carbocycles. The zero-order valence-corrected chi connectivity index (χ0v) is 17.8. The molecule has 2 aromatic heterocycles. The van der Waals surface area contributed by atoms with Gasteiger partial charge in [0, 0.05) is 30.5 Å². The van der Waals surface area contributed by atoms with Crippen molar-refractivity contribution in [3.8, 4) is 11.1 Å². The number of carbonyl (C=O) groups is 2. The van der Waals surface area contributed by atoms with Gasteiger partial charge in [-0.15, -0.1) is 11.3 Å². The summed E-state index contributed by atoms with van der Waals surface area (Å²) < 4.78 is 0. The second-order valence-electron chi connectivity index (χ2n) is 8.15. The van der Waals surface area contributed by atoms with E-state index in [0.29, 0.717) is 13.0 Å². The lowest BCUT2D eigenvalue weighted by molar-refractivity contribution is -0.131. The smallest absolute Gasteiger partial charge is 0.324 e. The monoisotopic (exact) mass is 421 g/mol. The predicted octanol–water partition coefficient (Wildman–Crippen LogP) is 3.80. The molecule has 0 bridgehead atoms. The fourth-order valence-electron chi connectivity index (χ4n) is 4.69. The number of imide groups is 1. The number of hydrogen-bond donors (Lipinski definition) is 2. The second-order valence-corrected chi connectivity index (χ2v) is 9.01. The van der Waals surface area contributed by atoms with E-state index >= 15 is 0 Å². The molecule has 8 heteroatoms. The molecular weight excluding hydrogens is 398 g/mol. The molecule has 7 nitrogen and oxygen atoms in total. The summed E-state index contributed by atoms with van der Waals surface area (Å²) in [4.78, 5) is 36.0. The van der Waals surface area contributed by atoms with Gasteiger partial charge in [0.25, 0.3) is 5.91 Å². The topological polar surface area (TPSA) is 87.2 Å². The van der Waals surface area contributed by atoms with Gasteiger partial charge in [0.15, 0.2) is 0 Å². The third-order valence-corrected chi connectivity index (χ3v) is 7.28. The van der Waals surface area contributed by atoms with E-state index < -0.39 is 5.54 Å². The molecule has 2 fully saturated rings. The van der Waals surface area contributed by atoms with Gasteiger partial charge in [-0.1, -0.05) is 36.2 Å². The number of aryl methyl sites for hydroxylation is 1. The van der Waals surface area contributed by atoms with Gasteiger partial charge in [0.1, 0.15) is 22.5 Å². The first-order chi connectivity index (χ1) is 14.5. The van der Waals surface area contributed by atoms with Gasteiger partial charge in [-0.3, -0.25) is 9.69 Å². The van der Waals surface area contributed by atoms with E-state index in [1.165, 1.54) is 10.5 Å². The van der Waals surface area contributed by atoms with E-state index in [-0.39, 0.29) is 17.9 Å². The van der Waals surface area contributed by atoms with Crippen LogP contribution in [0.3, 0.4) is 0 Å². The highest BCUT2D eigenvalue weighted by molar-refractivity contribution is 7.17. The maximum Gasteiger partial charge on any atom is 0.324 e. The number of rotatable bonds is 4. The van der Waals surface area contributed by atoms with Crippen LogP contribution in [0.1, 0.15) is 24.8 Å². The number of carbonyl (C=O) groups excluding carboxylic acids is 2. The van der Waals surface area contributed by atoms with Crippen molar-refractivity contribution in [1.82, 2.24) is 20.2 Å². The normalized spacial score (nSPS) is 23.5. The molecule has 3 aromatic rings. The molecular formula is C22H23N5O2S. The first kappa shape index (κ1) is 19.0. The average molecular weight is 422 g/mol. The minimum atomic E-state index is -0.792. The van der Waals surface area contributed by atoms with E-state index in [0.717, 1.165) is 40.0 Å². The van der Waals surface area contributed by atoms with Crippen molar-refractivity contribution in [2.75, 3.05) is 18.9 Å². The van der Waals surface area contributed by atoms with Crippen LogP contribution in [-0.4, -0.2) is 45.9 Å². The molecule has 0 radical (unpaired) electrons. The summed E-state index contributed by atoms with van der Waals surface area (Å²) in [6.07, 6.45) is 4.05. The molecule has 1 saturated carbocycles. The molecule has 154 valence electrons. The van der Waals surface area contributed by atoms with Crippen molar-refractivity contribution in [2.24, 2.45) is 5.92 Å². The molecule has 2 unspecified atom stereocenters. The number of urea groups is 1. The molecule has 1 aromatic carbocycles. The first-order valence-corrected chi connectivity index (χ1v) is 11.0. The fourth-order valence-corrected chi connectivity index (χ4v) is 5.61. The number of fused-ring (bicyclic) bond motifs is 1. The molecule has 2 N–H and O–H groups in total. The molecule has 5 rings (SSSR count). The van der Waals surface area contributed by atoms with Crippen molar-refractivity contribution in [2.45, 2.75) is 31.7 Å². The molecule has 2 atom stereocenters. The molecule has 1 aliphatic heterocycles. The van der Waals surface area contributed by atoms with Crippen molar-refractivity contribution in [1.29, 1.82) is 0 Å². The van der Waals surface area contributed by atoms with Gasteiger partial charge in [0.05, 0.1) is 5.39 Å². The van der Waals surface area contributed by atoms with Crippen LogP contribution in [0.2, 0.25) is 0 Å². The molecule has 1 saturated heterocycles. The van der Waals surface area contributed by atoms with Crippen LogP contribution in [-0.2, 0) is 4.79 Å². The number of amides is 3. The molecule has 1 spiro atoms. The molecule has 2 aliphatic rings. The van der Waals surface area contributed by atoms with Crippen LogP contribution in [0, 0.1) is 12.8 Å². The van der Waals surface area contributed by atoms with Gasteiger partial charge >= 0.3 is 6.03 Å². The Morgan fingerprint density at radius 2 is 2.07 bits per heavy atom. The number of nitrogens with one attached hydrogen (secondary N) is 2. The third-order valence-electron chi connectivity index (χ3n) is 6.39. The van der Waals surface area contributed by atoms with Gasteiger partial charge in [0.2, 0.25) is 0 Å². The summed E-state index contributed by atoms with van der Waals surface area (Å²) in [5.74, 6) is 0.662. The van der Waals surface area contributed by atoms with Crippen molar-refractivity contribution in [3.05, 3.63) is 41.5 Å². The lowest BCUT2D eigenvalue weighted by Gasteiger charge is -2.28. The van der Waals surface area contributed by atoms with Crippen LogP contribution in [0.5, 0.6) is 0 Å². The SMILES string of the molecule is Cc1ccc(-c2csc3ncnc(NCC4CCCC45NC(=O)N(C)C5=O)c23)cc1. The number of benzene rings is 1. The summed E-state index contributed by atoms with van der Waals surface area (Å²) in [5.41, 5.74) is 2.65. The van der Waals surface area contributed by atoms with Crippen LogP contribution < -0.4 is 10.6 Å². The summed E-state index contributed by atoms with van der Waals surface area (Å²) in [6.45, 7) is 2.64. The average Bonchev–Trinajstić information content (AvgIpc) is 3.41. The van der Waals surface area contributed by atoms with Crippen molar-refractivity contribution >= 4 is 39.3 Å². The van der Waals surface area contributed by atoms with Gasteiger partial charge in [-0.25, -0.2) is 14.8 Å². The molecule has 30 heavy (non-hydrogen) atoms. The second kappa shape index (κ2) is 7.05. The van der Waals surface area contributed by atoms with Crippen LogP contribution in [0.15, 0.2) is 36.0 Å². The Kier molecular flexibility index (Phi) is 4.47. The zero-order valence-electron chi connectivity index (χ0n) is 16.9. The highest BCUT2D eigenvalue weighted by Gasteiger charge is 2.56. The summed E-state index contributed by atoms with van der Waals surface area (Å²) in [6, 6.07) is 8.12. The van der Waals surface area contributed by atoms with Crippen molar-refractivity contribution in [3.63, 3.8) is 0 Å². The van der Waals surface area contributed by atoms with Crippen LogP contribution in [0.4, 0.5) is 10.6 Å². The Hall–Kier alpha value is -3.00. The summed E-state index contributed by atoms with van der Waals surface area (Å²) >= 11 is 1.60. The number of hydrogen-bond acceptors (Lipinski definition) is 6. The predicted molar refractivity (Wildman–Crippen MR) is 117 cm³/mol. The Balaban J connectivity index is 1.45. The number of aromatic nitrogens is 2. The van der Waals surface area contributed by atoms with E-state index in [9.17, 15) is 9.59 Å². The van der Waals surface area contributed by atoms with Gasteiger partial charge in [-0.05, 0) is 25.3 Å². The number of thiophene rings is 1. The largest absolute Gasteiger partial charge is 0.369 e. The summed E-state index contributed by atoms with van der Waals surface area (Å²) in [5, 5.41) is 9.54. The minimum Gasteiger partial charge on any atom is -0.369 e. The molecule has 3 amide bonds. The van der Waals surface area contributed by atoms with E-state index in [2.05, 4.69) is 57.2 Å². The number of anilines is 1. The standard InChI is InChI=1S/C22H23N5O2S/c1-13-5-7-14(8-6-13)16-11-30-19-17(16)18(24-12-25-19)23-10-15-4-3-9-22(15)20(28)27(2)21(29)26-22/h5-8,11-12,15H,3-4,9-10H2,1-2H3,(H,26,29)(H,23,24,25). The highest BCUT2D eigenvalue weighted by Crippen LogP contribution is 2.41. The Bertz CT molecular complexity index is 1140. The maximum absolute atomic E-state index is 12.8. The quantitative estimate of drug-likeness (QED) is 0.626. The number of nitrogens with zero attached hydrogens (tertiary/aromatic N) is 3. The van der Waals surface area contributed by atoms with Gasteiger partial charge < -0.3 is 10.6 Å². The van der Waals surface area contributed by atoms with Crippen LogP contribution >= 0.6 is 11.3 Å². The Morgan fingerprint density at radius 3 is 2.80 bits per heavy atom.